The molecule has 0 unspecified atom stereocenters. The Balaban J connectivity index is 3.47. The summed E-state index contributed by atoms with van der Waals surface area (Å²) in [5.41, 5.74) is 2.72. The fraction of sp³-hybridized carbons (Fsp3) is 1.00. The molecule has 32 valence electrons. The average Bonchev–Trinajstić information content (AvgIpc) is 0.722. The van der Waals surface area contributed by atoms with Gasteiger partial charge in [0.1, 0.15) is 0 Å². The normalized spacial score (nSPS) is 11.8. The first-order chi connectivity index (χ1) is 2.00. The summed E-state index contributed by atoms with van der Waals surface area (Å²) in [5, 5.41) is 0. The Kier molecular flexibility index (Phi) is 1.27. The SMILES string of the molecule is C[As](C)(=O)O. The van der Waals surface area contributed by atoms with Crippen LogP contribution in [-0.4, -0.2) is 17.9 Å². The van der Waals surface area contributed by atoms with Crippen molar-refractivity contribution in [3.63, 3.8) is 0 Å². The minimum absolute atomic E-state index is 1.36. The van der Waals surface area contributed by atoms with Crippen molar-refractivity contribution in [3.8, 4) is 0 Å². The van der Waals surface area contributed by atoms with E-state index in [1.165, 1.54) is 11.4 Å². The van der Waals surface area contributed by atoms with Crippen molar-refractivity contribution in [1.29, 1.82) is 0 Å². The molecule has 0 aromatic heterocycles. The molecule has 3 heteroatoms. The zero-order valence-electron chi connectivity index (χ0n) is 3.30. The molecule has 0 aliphatic heterocycles. The summed E-state index contributed by atoms with van der Waals surface area (Å²) in [6.07, 6.45) is 0. The van der Waals surface area contributed by atoms with Gasteiger partial charge in [-0.1, -0.05) is 0 Å². The standard InChI is InChI=1S/C2H7AsO2/c1-3(2,4)5/h1-2H3,(H,4,5). The fourth-order valence-electron chi connectivity index (χ4n) is 0. The average molecular weight is 138 g/mol. The zero-order valence-corrected chi connectivity index (χ0v) is 5.18. The van der Waals surface area contributed by atoms with Crippen LogP contribution in [-0.2, 0) is 3.74 Å². The first-order valence-electron chi connectivity index (χ1n) is 1.28. The van der Waals surface area contributed by atoms with Crippen LogP contribution in [0.15, 0.2) is 0 Å². The molecule has 0 saturated carbocycles. The van der Waals surface area contributed by atoms with E-state index in [0.29, 0.717) is 0 Å². The van der Waals surface area contributed by atoms with Crippen LogP contribution in [0, 0.1) is 0 Å². The molecule has 0 aliphatic carbocycles. The van der Waals surface area contributed by atoms with E-state index in [2.05, 4.69) is 0 Å². The summed E-state index contributed by atoms with van der Waals surface area (Å²) in [7, 11) is 0. The van der Waals surface area contributed by atoms with E-state index in [0.717, 1.165) is 0 Å². The van der Waals surface area contributed by atoms with E-state index in [1.807, 2.05) is 0 Å². The van der Waals surface area contributed by atoms with Gasteiger partial charge in [0.25, 0.3) is 0 Å². The maximum atomic E-state index is 9.83. The maximum absolute atomic E-state index is 9.83. The Labute approximate surface area is 33.8 Å². The summed E-state index contributed by atoms with van der Waals surface area (Å²) in [6.45, 7) is 0. The van der Waals surface area contributed by atoms with Gasteiger partial charge in [0.2, 0.25) is 0 Å². The molecule has 2 nitrogen and oxygen atoms in total. The Hall–Kier alpha value is 0.318. The summed E-state index contributed by atoms with van der Waals surface area (Å²) < 4.78 is 18.0. The van der Waals surface area contributed by atoms with Gasteiger partial charge in [-0.2, -0.15) is 0 Å². The van der Waals surface area contributed by atoms with Gasteiger partial charge in [0.05, 0.1) is 0 Å². The van der Waals surface area contributed by atoms with Crippen molar-refractivity contribution in [1.82, 2.24) is 0 Å². The minimum atomic E-state index is -3.12. The zero-order chi connectivity index (χ0) is 4.50. The molecule has 5 heavy (non-hydrogen) atoms. The van der Waals surface area contributed by atoms with E-state index in [4.69, 9.17) is 4.10 Å². The van der Waals surface area contributed by atoms with Gasteiger partial charge in [0.15, 0.2) is 0 Å². The number of hydrogen-bond acceptors (Lipinski definition) is 1. The second kappa shape index (κ2) is 1.19. The molecule has 0 rings (SSSR count). The van der Waals surface area contributed by atoms with E-state index in [-0.39, 0.29) is 0 Å². The third-order valence-corrected chi connectivity index (χ3v) is 0. The Morgan fingerprint density at radius 3 is 1.60 bits per heavy atom. The van der Waals surface area contributed by atoms with Gasteiger partial charge in [-0.25, -0.2) is 0 Å². The van der Waals surface area contributed by atoms with Crippen LogP contribution in [0.4, 0.5) is 0 Å². The molecule has 0 amide bonds. The van der Waals surface area contributed by atoms with Gasteiger partial charge in [0, 0.05) is 0 Å². The van der Waals surface area contributed by atoms with Gasteiger partial charge in [-0.15, -0.1) is 0 Å². The van der Waals surface area contributed by atoms with E-state index in [9.17, 15) is 3.74 Å². The van der Waals surface area contributed by atoms with Crippen LogP contribution in [0.2, 0.25) is 11.4 Å². The molecule has 0 aliphatic rings. The second-order valence-electron chi connectivity index (χ2n) is 1.29. The van der Waals surface area contributed by atoms with E-state index in [1.54, 1.807) is 0 Å². The van der Waals surface area contributed by atoms with Gasteiger partial charge in [-0.3, -0.25) is 0 Å². The summed E-state index contributed by atoms with van der Waals surface area (Å²) in [5.74, 6) is 0. The summed E-state index contributed by atoms with van der Waals surface area (Å²) in [4.78, 5) is 0. The molecule has 0 atom stereocenters. The molecular weight excluding hydrogens is 131 g/mol. The molecule has 1 N–H and O–H groups in total. The molecule has 0 spiro atoms. The molecule has 0 bridgehead atoms. The van der Waals surface area contributed by atoms with Gasteiger partial charge >= 0.3 is 33.1 Å². The topological polar surface area (TPSA) is 37.3 Å². The van der Waals surface area contributed by atoms with Crippen LogP contribution < -0.4 is 0 Å². The first kappa shape index (κ1) is 5.32. The van der Waals surface area contributed by atoms with Gasteiger partial charge < -0.3 is 0 Å². The molecular formula is C2H7AsO2. The predicted octanol–water partition coefficient (Wildman–Crippen LogP) is 0.111. The summed E-state index contributed by atoms with van der Waals surface area (Å²) >= 11 is -3.12. The van der Waals surface area contributed by atoms with E-state index >= 15 is 0 Å². The monoisotopic (exact) mass is 138 g/mol. The molecule has 0 heterocycles. The molecule has 0 radical (unpaired) electrons. The second-order valence-corrected chi connectivity index (χ2v) is 6.72. The Morgan fingerprint density at radius 2 is 1.60 bits per heavy atom. The first-order valence-corrected chi connectivity index (χ1v) is 6.64. The predicted molar refractivity (Wildman–Crippen MR) is 20.4 cm³/mol. The van der Waals surface area contributed by atoms with Crippen molar-refractivity contribution < 1.29 is 7.84 Å². The molecule has 0 aromatic rings. The van der Waals surface area contributed by atoms with Crippen molar-refractivity contribution in [2.75, 3.05) is 0 Å². The summed E-state index contributed by atoms with van der Waals surface area (Å²) in [6, 6.07) is 0. The molecule has 0 aromatic carbocycles. The quantitative estimate of drug-likeness (QED) is 0.482. The Morgan fingerprint density at radius 1 is 1.60 bits per heavy atom. The van der Waals surface area contributed by atoms with Crippen molar-refractivity contribution in [2.24, 2.45) is 0 Å². The Bertz CT molecular complexity index is 53.8. The van der Waals surface area contributed by atoms with Gasteiger partial charge in [-0.05, 0) is 0 Å². The van der Waals surface area contributed by atoms with Crippen LogP contribution in [0.1, 0.15) is 0 Å². The van der Waals surface area contributed by atoms with Crippen molar-refractivity contribution in [2.45, 2.75) is 11.4 Å². The number of hydrogen-bond donors (Lipinski definition) is 1. The molecule has 0 fully saturated rings. The number of rotatable bonds is 0. The third kappa shape index (κ3) is 229. The van der Waals surface area contributed by atoms with Crippen molar-refractivity contribution in [3.05, 3.63) is 0 Å². The van der Waals surface area contributed by atoms with E-state index < -0.39 is 13.8 Å². The van der Waals surface area contributed by atoms with Crippen molar-refractivity contribution >= 4 is 13.8 Å². The van der Waals surface area contributed by atoms with Crippen LogP contribution >= 0.6 is 0 Å². The molecule has 0 saturated heterocycles. The third-order valence-electron chi connectivity index (χ3n) is 0. The fourth-order valence-corrected chi connectivity index (χ4v) is 0. The van der Waals surface area contributed by atoms with Crippen LogP contribution in [0.3, 0.4) is 0 Å². The van der Waals surface area contributed by atoms with Crippen LogP contribution in [0.25, 0.3) is 0 Å². The van der Waals surface area contributed by atoms with Crippen LogP contribution in [0.5, 0.6) is 0 Å².